The van der Waals surface area contributed by atoms with Gasteiger partial charge in [-0.3, -0.25) is 34.2 Å². The average molecular weight is 550 g/mol. The van der Waals surface area contributed by atoms with Gasteiger partial charge in [0.2, 0.25) is 6.79 Å². The van der Waals surface area contributed by atoms with Gasteiger partial charge in [-0.15, -0.1) is 0 Å². The zero-order valence-corrected chi connectivity index (χ0v) is 22.1. The molecule has 5 rings (SSSR count). The second kappa shape index (κ2) is 11.4. The number of hydrogen-bond acceptors (Lipinski definition) is 8. The predicted molar refractivity (Wildman–Crippen MR) is 140 cm³/mol. The maximum absolute atomic E-state index is 13.0. The minimum absolute atomic E-state index is 0.0317. The lowest BCUT2D eigenvalue weighted by Crippen LogP contribution is -2.43. The van der Waals surface area contributed by atoms with Crippen LogP contribution in [0.5, 0.6) is 0 Å². The molecular formula is C29H31N3O8. The molecule has 0 aromatic heterocycles. The molecule has 11 heteroatoms. The number of amides is 4. The van der Waals surface area contributed by atoms with Gasteiger partial charge in [-0.2, -0.15) is 0 Å². The highest BCUT2D eigenvalue weighted by atomic mass is 16.7. The first kappa shape index (κ1) is 27.3. The number of carbonyl (C=O) groups excluding carboxylic acids is 6. The summed E-state index contributed by atoms with van der Waals surface area (Å²) < 4.78 is 10.2. The lowest BCUT2D eigenvalue weighted by molar-refractivity contribution is -0.158. The number of ketones is 1. The van der Waals surface area contributed by atoms with Gasteiger partial charge in [0.1, 0.15) is 0 Å². The van der Waals surface area contributed by atoms with Crippen LogP contribution in [-0.2, 0) is 35.2 Å². The number of anilines is 1. The molecule has 40 heavy (non-hydrogen) atoms. The molecule has 2 fully saturated rings. The maximum Gasteiger partial charge on any atom is 0.414 e. The quantitative estimate of drug-likeness (QED) is 0.237. The zero-order chi connectivity index (χ0) is 28.4. The van der Waals surface area contributed by atoms with Crippen molar-refractivity contribution >= 4 is 41.3 Å². The van der Waals surface area contributed by atoms with Crippen LogP contribution in [0.2, 0.25) is 0 Å². The third kappa shape index (κ3) is 5.68. The molecule has 1 aromatic carbocycles. The first-order valence-electron chi connectivity index (χ1n) is 13.5. The number of allylic oxidation sites excluding steroid dienone is 1. The fraction of sp³-hybridized carbons (Fsp3) is 0.448. The first-order valence-corrected chi connectivity index (χ1v) is 13.5. The molecule has 0 radical (unpaired) electrons. The Hall–Kier alpha value is -4.28. The first-order chi connectivity index (χ1) is 19.2. The molecule has 0 spiro atoms. The summed E-state index contributed by atoms with van der Waals surface area (Å²) in [5.74, 6) is -1.59. The molecule has 0 bridgehead atoms. The SMILES string of the molecule is C=C1CCC(N2Cc3c(NC(=O)OCOC(=O)C4CCC(CN5C(=O)C=CC5=O)CC4)cccc3C2=O)C(=O)C1. The van der Waals surface area contributed by atoms with Crippen molar-refractivity contribution in [2.24, 2.45) is 11.8 Å². The number of ether oxygens (including phenoxy) is 2. The number of benzene rings is 1. The standard InChI is InChI=1S/C29H31N3O8/c1-17-5-10-23(24(33)13-17)31-15-21-20(27(31)36)3-2-4-22(21)30-29(38)40-16-39-28(37)19-8-6-18(7-9-19)14-32-25(34)11-12-26(32)35/h2-4,11-12,18-19,23H,1,5-10,13-16H2,(H,30,38). The molecule has 1 aromatic rings. The fourth-order valence-electron chi connectivity index (χ4n) is 5.86. The molecular weight excluding hydrogens is 518 g/mol. The number of imide groups is 1. The van der Waals surface area contributed by atoms with Gasteiger partial charge in [0, 0.05) is 48.5 Å². The van der Waals surface area contributed by atoms with E-state index in [9.17, 15) is 28.8 Å². The van der Waals surface area contributed by atoms with E-state index < -0.39 is 24.9 Å². The van der Waals surface area contributed by atoms with Crippen molar-refractivity contribution in [3.63, 3.8) is 0 Å². The Morgan fingerprint density at radius 1 is 0.975 bits per heavy atom. The van der Waals surface area contributed by atoms with Gasteiger partial charge in [0.05, 0.1) is 12.0 Å². The van der Waals surface area contributed by atoms with Crippen molar-refractivity contribution in [2.75, 3.05) is 18.7 Å². The number of esters is 1. The Labute approximate surface area is 231 Å². The van der Waals surface area contributed by atoms with Gasteiger partial charge in [-0.25, -0.2) is 4.79 Å². The van der Waals surface area contributed by atoms with E-state index >= 15 is 0 Å². The zero-order valence-electron chi connectivity index (χ0n) is 22.1. The number of hydrogen-bond donors (Lipinski definition) is 1. The number of Topliss-reactive ketones (excluding diaryl/α,β-unsaturated/α-hetero) is 1. The number of nitrogens with zero attached hydrogens (tertiary/aromatic N) is 2. The molecule has 4 amide bonds. The maximum atomic E-state index is 13.0. The molecule has 1 atom stereocenters. The number of rotatable bonds is 7. The predicted octanol–water partition coefficient (Wildman–Crippen LogP) is 3.10. The molecule has 4 aliphatic rings. The topological polar surface area (TPSA) is 139 Å². The fourth-order valence-corrected chi connectivity index (χ4v) is 5.86. The highest BCUT2D eigenvalue weighted by Gasteiger charge is 2.39. The van der Waals surface area contributed by atoms with E-state index in [0.29, 0.717) is 61.9 Å². The van der Waals surface area contributed by atoms with Gasteiger partial charge < -0.3 is 14.4 Å². The van der Waals surface area contributed by atoms with E-state index in [1.807, 2.05) is 0 Å². The van der Waals surface area contributed by atoms with E-state index in [2.05, 4.69) is 11.9 Å². The van der Waals surface area contributed by atoms with Crippen LogP contribution in [0.4, 0.5) is 10.5 Å². The molecule has 2 aliphatic heterocycles. The molecule has 210 valence electrons. The van der Waals surface area contributed by atoms with E-state index in [1.54, 1.807) is 23.1 Å². The number of nitrogens with one attached hydrogen (secondary N) is 1. The van der Waals surface area contributed by atoms with Crippen LogP contribution in [-0.4, -0.2) is 64.7 Å². The summed E-state index contributed by atoms with van der Waals surface area (Å²) >= 11 is 0. The van der Waals surface area contributed by atoms with Crippen LogP contribution in [0.15, 0.2) is 42.5 Å². The number of fused-ring (bicyclic) bond motifs is 1. The normalized spacial score (nSPS) is 24.4. The Kier molecular flexibility index (Phi) is 7.81. The Balaban J connectivity index is 1.07. The van der Waals surface area contributed by atoms with Crippen molar-refractivity contribution in [3.05, 3.63) is 53.6 Å². The summed E-state index contributed by atoms with van der Waals surface area (Å²) in [6, 6.07) is 4.43. The third-order valence-corrected chi connectivity index (χ3v) is 8.09. The third-order valence-electron chi connectivity index (χ3n) is 8.09. The largest absolute Gasteiger partial charge is 0.428 e. The van der Waals surface area contributed by atoms with Gasteiger partial charge in [0.25, 0.3) is 17.7 Å². The summed E-state index contributed by atoms with van der Waals surface area (Å²) in [6.45, 7) is 3.85. The van der Waals surface area contributed by atoms with E-state index in [4.69, 9.17) is 9.47 Å². The molecule has 11 nitrogen and oxygen atoms in total. The summed E-state index contributed by atoms with van der Waals surface area (Å²) in [5.41, 5.74) is 2.28. The van der Waals surface area contributed by atoms with Gasteiger partial charge in [-0.05, 0) is 56.6 Å². The van der Waals surface area contributed by atoms with Crippen molar-refractivity contribution in [1.29, 1.82) is 0 Å². The van der Waals surface area contributed by atoms with Gasteiger partial charge in [0.15, 0.2) is 5.78 Å². The summed E-state index contributed by atoms with van der Waals surface area (Å²) in [4.78, 5) is 76.7. The average Bonchev–Trinajstić information content (AvgIpc) is 3.43. The minimum Gasteiger partial charge on any atom is -0.428 e. The lowest BCUT2D eigenvalue weighted by Gasteiger charge is -2.30. The van der Waals surface area contributed by atoms with Crippen molar-refractivity contribution in [2.45, 2.75) is 57.5 Å². The summed E-state index contributed by atoms with van der Waals surface area (Å²) in [7, 11) is 0. The lowest BCUT2D eigenvalue weighted by atomic mass is 9.82. The molecule has 1 unspecified atom stereocenters. The number of carbonyl (C=O) groups is 6. The van der Waals surface area contributed by atoms with Crippen LogP contribution in [0.25, 0.3) is 0 Å². The van der Waals surface area contributed by atoms with Crippen molar-refractivity contribution in [3.8, 4) is 0 Å². The molecule has 1 N–H and O–H groups in total. The molecule has 2 aliphatic carbocycles. The minimum atomic E-state index is -0.839. The Bertz CT molecular complexity index is 1290. The molecule has 0 saturated heterocycles. The van der Waals surface area contributed by atoms with Crippen LogP contribution < -0.4 is 5.32 Å². The highest BCUT2D eigenvalue weighted by molar-refractivity contribution is 6.12. The Morgan fingerprint density at radius 2 is 1.70 bits per heavy atom. The second-order valence-corrected chi connectivity index (χ2v) is 10.7. The Morgan fingerprint density at radius 3 is 2.40 bits per heavy atom. The van der Waals surface area contributed by atoms with E-state index in [1.165, 1.54) is 17.1 Å². The smallest absolute Gasteiger partial charge is 0.414 e. The highest BCUT2D eigenvalue weighted by Crippen LogP contribution is 2.34. The van der Waals surface area contributed by atoms with Crippen molar-refractivity contribution < 1.29 is 38.2 Å². The van der Waals surface area contributed by atoms with Crippen LogP contribution in [0, 0.1) is 11.8 Å². The molecule has 2 saturated carbocycles. The van der Waals surface area contributed by atoms with E-state index in [-0.39, 0.29) is 48.3 Å². The van der Waals surface area contributed by atoms with Crippen LogP contribution in [0.3, 0.4) is 0 Å². The van der Waals surface area contributed by atoms with Crippen LogP contribution >= 0.6 is 0 Å². The van der Waals surface area contributed by atoms with Gasteiger partial charge in [-0.1, -0.05) is 18.2 Å². The van der Waals surface area contributed by atoms with Gasteiger partial charge >= 0.3 is 12.1 Å². The monoisotopic (exact) mass is 549 g/mol. The molecule has 2 heterocycles. The van der Waals surface area contributed by atoms with Crippen molar-refractivity contribution in [1.82, 2.24) is 9.80 Å². The van der Waals surface area contributed by atoms with Crippen LogP contribution in [0.1, 0.15) is 60.9 Å². The summed E-state index contributed by atoms with van der Waals surface area (Å²) in [6.07, 6.45) is 5.63. The van der Waals surface area contributed by atoms with E-state index in [0.717, 1.165) is 5.57 Å². The summed E-state index contributed by atoms with van der Waals surface area (Å²) in [5, 5.41) is 2.61. The second-order valence-electron chi connectivity index (χ2n) is 10.7.